The molecular weight excluding hydrogens is 404 g/mol. The van der Waals surface area contributed by atoms with Crippen molar-refractivity contribution in [1.29, 1.82) is 0 Å². The minimum Gasteiger partial charge on any atom is -0.326 e. The molecule has 6 nitrogen and oxygen atoms in total. The highest BCUT2D eigenvalue weighted by Gasteiger charge is 2.38. The van der Waals surface area contributed by atoms with Crippen LogP contribution >= 0.6 is 23.1 Å². The first-order valence-electron chi connectivity index (χ1n) is 9.02. The summed E-state index contributed by atoms with van der Waals surface area (Å²) in [6.45, 7) is 4.07. The van der Waals surface area contributed by atoms with Crippen molar-refractivity contribution >= 4 is 61.1 Å². The van der Waals surface area contributed by atoms with Crippen molar-refractivity contribution in [1.82, 2.24) is 9.88 Å². The van der Waals surface area contributed by atoms with Gasteiger partial charge in [-0.15, -0.1) is 6.58 Å². The van der Waals surface area contributed by atoms with E-state index in [9.17, 15) is 9.59 Å². The first-order valence-corrected chi connectivity index (χ1v) is 10.7. The van der Waals surface area contributed by atoms with Gasteiger partial charge in [0.15, 0.2) is 5.17 Å². The molecule has 0 radical (unpaired) electrons. The van der Waals surface area contributed by atoms with Gasteiger partial charge in [-0.3, -0.25) is 14.5 Å². The summed E-state index contributed by atoms with van der Waals surface area (Å²) in [6, 6.07) is 17.0. The van der Waals surface area contributed by atoms with Crippen molar-refractivity contribution in [2.75, 3.05) is 11.9 Å². The van der Waals surface area contributed by atoms with E-state index in [4.69, 9.17) is 0 Å². The average Bonchev–Trinajstić information content (AvgIpc) is 3.25. The summed E-state index contributed by atoms with van der Waals surface area (Å²) in [6.07, 6.45) is 1.73. The van der Waals surface area contributed by atoms with Crippen LogP contribution < -0.4 is 5.32 Å². The Hall–Kier alpha value is -2.97. The normalized spacial score (nSPS) is 17.8. The second-order valence-electron chi connectivity index (χ2n) is 6.32. The molecule has 2 amide bonds. The van der Waals surface area contributed by atoms with E-state index in [1.807, 2.05) is 54.6 Å². The van der Waals surface area contributed by atoms with Crippen LogP contribution in [-0.2, 0) is 9.59 Å². The van der Waals surface area contributed by atoms with Crippen LogP contribution in [0.1, 0.15) is 6.42 Å². The molecule has 1 aliphatic rings. The van der Waals surface area contributed by atoms with E-state index >= 15 is 0 Å². The smallest absolute Gasteiger partial charge is 0.242 e. The van der Waals surface area contributed by atoms with E-state index < -0.39 is 5.25 Å². The molecular formula is C21H18N4O2S2. The van der Waals surface area contributed by atoms with Gasteiger partial charge in [0, 0.05) is 18.7 Å². The number of nitrogens with zero attached hydrogens (tertiary/aromatic N) is 3. The fourth-order valence-corrected chi connectivity index (χ4v) is 4.96. The number of hydrogen-bond acceptors (Lipinski definition) is 6. The number of rotatable bonds is 6. The summed E-state index contributed by atoms with van der Waals surface area (Å²) < 4.78 is 1.04. The van der Waals surface area contributed by atoms with E-state index in [0.29, 0.717) is 22.5 Å². The maximum Gasteiger partial charge on any atom is 0.242 e. The Balaban J connectivity index is 1.52. The molecule has 0 spiro atoms. The summed E-state index contributed by atoms with van der Waals surface area (Å²) in [7, 11) is 0. The lowest BCUT2D eigenvalue weighted by Crippen LogP contribution is -2.33. The van der Waals surface area contributed by atoms with Gasteiger partial charge in [0.1, 0.15) is 5.25 Å². The van der Waals surface area contributed by atoms with E-state index in [2.05, 4.69) is 21.9 Å². The predicted molar refractivity (Wildman–Crippen MR) is 120 cm³/mol. The van der Waals surface area contributed by atoms with Gasteiger partial charge in [0.2, 0.25) is 16.9 Å². The van der Waals surface area contributed by atoms with Crippen LogP contribution in [-0.4, -0.2) is 38.7 Å². The molecule has 0 aliphatic carbocycles. The third-order valence-electron chi connectivity index (χ3n) is 4.23. The number of amides is 2. The highest BCUT2D eigenvalue weighted by Crippen LogP contribution is 2.34. The van der Waals surface area contributed by atoms with Crippen molar-refractivity contribution in [2.24, 2.45) is 4.99 Å². The van der Waals surface area contributed by atoms with Gasteiger partial charge in [-0.25, -0.2) is 4.98 Å². The van der Waals surface area contributed by atoms with Gasteiger partial charge in [-0.1, -0.05) is 59.5 Å². The Morgan fingerprint density at radius 3 is 2.72 bits per heavy atom. The number of aliphatic imine (C=N–C) groups is 1. The Morgan fingerprint density at radius 1 is 1.21 bits per heavy atom. The molecule has 1 saturated heterocycles. The molecule has 1 fully saturated rings. The number of carbonyl (C=O) groups excluding carboxylic acids is 2. The number of para-hydroxylation sites is 2. The first-order chi connectivity index (χ1) is 14.1. The molecule has 1 aromatic heterocycles. The lowest BCUT2D eigenvalue weighted by molar-refractivity contribution is -0.127. The summed E-state index contributed by atoms with van der Waals surface area (Å²) in [5.74, 6) is -0.347. The number of anilines is 1. The second kappa shape index (κ2) is 8.59. The zero-order valence-corrected chi connectivity index (χ0v) is 17.1. The summed E-state index contributed by atoms with van der Waals surface area (Å²) >= 11 is 2.76. The molecule has 8 heteroatoms. The minimum absolute atomic E-state index is 0.0743. The predicted octanol–water partition coefficient (Wildman–Crippen LogP) is 4.44. The Bertz CT molecular complexity index is 1060. The number of carbonyl (C=O) groups is 2. The van der Waals surface area contributed by atoms with Crippen LogP contribution in [0.2, 0.25) is 0 Å². The van der Waals surface area contributed by atoms with Crippen LogP contribution in [0.4, 0.5) is 10.8 Å². The molecule has 1 aliphatic heterocycles. The number of benzene rings is 2. The number of aromatic nitrogens is 1. The highest BCUT2D eigenvalue weighted by atomic mass is 32.2. The lowest BCUT2D eigenvalue weighted by Gasteiger charge is -2.13. The quantitative estimate of drug-likeness (QED) is 0.596. The number of nitrogens with one attached hydrogen (secondary N) is 1. The fraction of sp³-hybridized carbons (Fsp3) is 0.143. The van der Waals surface area contributed by atoms with Gasteiger partial charge in [-0.2, -0.15) is 4.99 Å². The van der Waals surface area contributed by atoms with E-state index in [-0.39, 0.29) is 18.2 Å². The molecule has 1 N–H and O–H groups in total. The molecule has 1 atom stereocenters. The third kappa shape index (κ3) is 4.38. The zero-order chi connectivity index (χ0) is 20.2. The first kappa shape index (κ1) is 19.4. The number of amidine groups is 1. The SMILES string of the molecule is C=CCN1C(=O)C(CC(=O)Nc2ccccc2)S/C1=N\c1nc2ccccc2s1. The van der Waals surface area contributed by atoms with Gasteiger partial charge in [0.05, 0.1) is 10.2 Å². The molecule has 2 aromatic carbocycles. The molecule has 3 aromatic rings. The maximum atomic E-state index is 12.8. The van der Waals surface area contributed by atoms with Crippen LogP contribution in [0.15, 0.2) is 72.2 Å². The summed E-state index contributed by atoms with van der Waals surface area (Å²) in [5.41, 5.74) is 1.58. The minimum atomic E-state index is -0.521. The van der Waals surface area contributed by atoms with Gasteiger partial charge in [0.25, 0.3) is 0 Å². The van der Waals surface area contributed by atoms with E-state index in [1.54, 1.807) is 11.0 Å². The van der Waals surface area contributed by atoms with Gasteiger partial charge < -0.3 is 5.32 Å². The van der Waals surface area contributed by atoms with Crippen LogP contribution in [0.25, 0.3) is 10.2 Å². The number of fused-ring (bicyclic) bond motifs is 1. The van der Waals surface area contributed by atoms with Gasteiger partial charge >= 0.3 is 0 Å². The molecule has 4 rings (SSSR count). The monoisotopic (exact) mass is 422 g/mol. The zero-order valence-electron chi connectivity index (χ0n) is 15.4. The standard InChI is InChI=1S/C21H18N4O2S2/c1-2-12-25-19(27)17(13-18(26)22-14-8-4-3-5-9-14)29-21(25)24-20-23-15-10-6-7-11-16(15)28-20/h2-11,17H,1,12-13H2,(H,22,26)/b24-21-. The molecule has 0 saturated carbocycles. The average molecular weight is 423 g/mol. The maximum absolute atomic E-state index is 12.8. The number of thiazole rings is 1. The molecule has 146 valence electrons. The lowest BCUT2D eigenvalue weighted by atomic mass is 10.2. The van der Waals surface area contributed by atoms with Crippen molar-refractivity contribution in [3.63, 3.8) is 0 Å². The molecule has 2 heterocycles. The third-order valence-corrected chi connectivity index (χ3v) is 6.34. The van der Waals surface area contributed by atoms with Crippen molar-refractivity contribution < 1.29 is 9.59 Å². The van der Waals surface area contributed by atoms with Gasteiger partial charge in [-0.05, 0) is 24.3 Å². The molecule has 29 heavy (non-hydrogen) atoms. The van der Waals surface area contributed by atoms with E-state index in [1.165, 1.54) is 23.1 Å². The largest absolute Gasteiger partial charge is 0.326 e. The molecule has 0 bridgehead atoms. The number of thioether (sulfide) groups is 1. The Morgan fingerprint density at radius 2 is 1.97 bits per heavy atom. The summed E-state index contributed by atoms with van der Waals surface area (Å²) in [5, 5.41) is 3.44. The second-order valence-corrected chi connectivity index (χ2v) is 8.50. The number of hydrogen-bond donors (Lipinski definition) is 1. The highest BCUT2D eigenvalue weighted by molar-refractivity contribution is 8.15. The Kier molecular flexibility index (Phi) is 5.73. The van der Waals surface area contributed by atoms with Crippen molar-refractivity contribution in [3.05, 3.63) is 67.3 Å². The fourth-order valence-electron chi connectivity index (χ4n) is 2.91. The van der Waals surface area contributed by atoms with E-state index in [0.717, 1.165) is 10.2 Å². The van der Waals surface area contributed by atoms with Crippen LogP contribution in [0.3, 0.4) is 0 Å². The Labute approximate surface area is 176 Å². The van der Waals surface area contributed by atoms with Crippen molar-refractivity contribution in [2.45, 2.75) is 11.7 Å². The van der Waals surface area contributed by atoms with Crippen molar-refractivity contribution in [3.8, 4) is 0 Å². The van der Waals surface area contributed by atoms with Crippen LogP contribution in [0, 0.1) is 0 Å². The topological polar surface area (TPSA) is 74.7 Å². The summed E-state index contributed by atoms with van der Waals surface area (Å²) in [4.78, 5) is 35.9. The molecule has 1 unspecified atom stereocenters. The van der Waals surface area contributed by atoms with Crippen LogP contribution in [0.5, 0.6) is 0 Å².